The van der Waals surface area contributed by atoms with Gasteiger partial charge in [-0.3, -0.25) is 9.69 Å². The Labute approximate surface area is 532 Å². The third-order valence-electron chi connectivity index (χ3n) is 15.2. The third kappa shape index (κ3) is 16.4. The molecule has 7 aromatic carbocycles. The zero-order chi connectivity index (χ0) is 63.2. The van der Waals surface area contributed by atoms with E-state index in [1.165, 1.54) is 28.1 Å². The summed E-state index contributed by atoms with van der Waals surface area (Å²) in [4.78, 5) is 33.7. The number of sulfone groups is 1. The zero-order valence-electron chi connectivity index (χ0n) is 51.4. The molecule has 3 N–H and O–H groups in total. The van der Waals surface area contributed by atoms with Crippen LogP contribution in [0.25, 0.3) is 17.5 Å². The number of nitrogens with zero attached hydrogens (tertiary/aromatic N) is 7. The quantitative estimate of drug-likeness (QED) is 0.0770. The summed E-state index contributed by atoms with van der Waals surface area (Å²) in [6.45, 7) is 11.3. The number of nitrogens with one attached hydrogen (secondary N) is 3. The Morgan fingerprint density at radius 2 is 1.16 bits per heavy atom. The molecule has 20 heteroatoms. The van der Waals surface area contributed by atoms with E-state index in [9.17, 15) is 18.0 Å². The molecular weight excluding hydrogens is 1170 g/mol. The number of amidine groups is 1. The molecule has 2 unspecified atom stereocenters. The molecule has 0 radical (unpaired) electrons. The first-order valence-corrected chi connectivity index (χ1v) is 31.2. The van der Waals surface area contributed by atoms with Gasteiger partial charge in [-0.05, 0) is 159 Å². The number of anilines is 1. The maximum atomic E-state index is 13.9. The minimum atomic E-state index is -4.06. The second-order valence-electron chi connectivity index (χ2n) is 22.5. The number of hydrogen-bond acceptors (Lipinski definition) is 16. The minimum Gasteiger partial charge on any atom is -0.493 e. The van der Waals surface area contributed by atoms with Crippen LogP contribution < -0.4 is 40.3 Å². The Morgan fingerprint density at radius 3 is 1.67 bits per heavy atom. The van der Waals surface area contributed by atoms with Crippen molar-refractivity contribution in [2.75, 3.05) is 38.1 Å². The fourth-order valence-electron chi connectivity index (χ4n) is 10.6. The van der Waals surface area contributed by atoms with Gasteiger partial charge in [-0.1, -0.05) is 111 Å². The molecule has 5 heterocycles. The largest absolute Gasteiger partial charge is 0.493 e. The van der Waals surface area contributed by atoms with Crippen molar-refractivity contribution in [3.05, 3.63) is 251 Å². The van der Waals surface area contributed by atoms with Crippen LogP contribution in [-0.2, 0) is 40.6 Å². The van der Waals surface area contributed by atoms with E-state index in [0.29, 0.717) is 47.9 Å². The average Bonchev–Trinajstić information content (AvgIpc) is 1.65. The van der Waals surface area contributed by atoms with Gasteiger partial charge < -0.3 is 38.1 Å². The Balaban J connectivity index is 0.000000178. The SMILES string of the molecule is C.COc1cc2c(cc1OCc1ccccc1)CCN(C(=O)OC(C)(C)C)C2CS(=O)(=O)C1=NNNN1c1ccccc1.COc1cc2c(cc1OCc1ccccc1)CCNC2/C=C/c1ccc(-n2ccnc2C)cc1.Cc1nccn1-c1ccc(C=O)cc1. The molecule has 91 heavy (non-hydrogen) atoms. The predicted octanol–water partition coefficient (Wildman–Crippen LogP) is 12.6. The third-order valence-corrected chi connectivity index (χ3v) is 16.8. The van der Waals surface area contributed by atoms with Crippen LogP contribution in [0.4, 0.5) is 10.5 Å². The molecule has 9 aromatic rings. The lowest BCUT2D eigenvalue weighted by Gasteiger charge is -2.38. The van der Waals surface area contributed by atoms with E-state index in [2.05, 4.69) is 96.7 Å². The van der Waals surface area contributed by atoms with Crippen LogP contribution >= 0.6 is 0 Å². The lowest BCUT2D eigenvalue weighted by atomic mass is 9.93. The number of fused-ring (bicyclic) bond motifs is 2. The van der Waals surface area contributed by atoms with Gasteiger partial charge >= 0.3 is 6.09 Å². The summed E-state index contributed by atoms with van der Waals surface area (Å²) in [7, 11) is -0.833. The lowest BCUT2D eigenvalue weighted by Crippen LogP contribution is -2.48. The molecule has 0 bridgehead atoms. The number of benzene rings is 7. The van der Waals surface area contributed by atoms with E-state index >= 15 is 0 Å². The number of aldehydes is 1. The van der Waals surface area contributed by atoms with Crippen molar-refractivity contribution in [2.24, 2.45) is 5.10 Å². The van der Waals surface area contributed by atoms with E-state index in [4.69, 9.17) is 23.7 Å². The summed E-state index contributed by atoms with van der Waals surface area (Å²) in [6, 6.07) is 51.9. The molecule has 12 rings (SSSR count). The second kappa shape index (κ2) is 30.0. The maximum absolute atomic E-state index is 13.9. The standard InChI is InChI=1S/C30H35N5O6S.C29H29N3O2.C11H10N2O.CH4/c1-30(2,3)41-29(36)34-16-15-22-17-27(40-19-21-11-7-5-8-12-21)26(39-4)18-24(22)25(34)20-42(37,38)28-31-32-33-35(28)23-13-9-6-10-14-23;1-21-30-16-17-32(21)25-11-8-22(9-12-25)10-13-27-26-19-28(33-2)29(18-24(26)14-15-31-27)34-20-23-6-4-3-5-7-23;1-9-12-6-7-13(9)11-4-2-10(8-14)3-5-11;/h5-14,17-18,25,32-33H,15-16,19-20H2,1-4H3;3-13,16-19,27,31H,14-15,20H2,1-2H3;2-8H,1H3;1H4/b;13-10+;;. The highest BCUT2D eigenvalue weighted by molar-refractivity contribution is 8.06. The number of hydrazine groups is 2. The van der Waals surface area contributed by atoms with Crippen molar-refractivity contribution >= 4 is 39.1 Å². The van der Waals surface area contributed by atoms with E-state index in [1.54, 1.807) is 76.5 Å². The van der Waals surface area contributed by atoms with Gasteiger partial charge in [0.25, 0.3) is 5.17 Å². The average molecular weight is 1250 g/mol. The predicted molar refractivity (Wildman–Crippen MR) is 356 cm³/mol. The Hall–Kier alpha value is -10.0. The number of carbonyl (C=O) groups is 2. The van der Waals surface area contributed by atoms with Crippen LogP contribution in [0, 0.1) is 13.8 Å². The summed E-state index contributed by atoms with van der Waals surface area (Å²) in [5.74, 6) is 4.01. The highest BCUT2D eigenvalue weighted by Crippen LogP contribution is 2.41. The molecule has 1 amide bonds. The number of methoxy groups -OCH3 is 2. The van der Waals surface area contributed by atoms with Crippen LogP contribution in [0.3, 0.4) is 0 Å². The first-order chi connectivity index (χ1) is 43.6. The first kappa shape index (κ1) is 65.4. The number of aryl methyl sites for hydroxylation is 2. The second-order valence-corrected chi connectivity index (χ2v) is 24.4. The van der Waals surface area contributed by atoms with Gasteiger partial charge in [0.2, 0.25) is 9.84 Å². The summed E-state index contributed by atoms with van der Waals surface area (Å²) in [5.41, 5.74) is 15.3. The van der Waals surface area contributed by atoms with Gasteiger partial charge in [0, 0.05) is 54.8 Å². The van der Waals surface area contributed by atoms with Crippen molar-refractivity contribution < 1.29 is 41.7 Å². The number of aromatic nitrogens is 4. The maximum Gasteiger partial charge on any atom is 0.410 e. The minimum absolute atomic E-state index is 0. The molecule has 2 atom stereocenters. The normalized spacial score (nSPS) is 15.0. The fourth-order valence-corrected chi connectivity index (χ4v) is 12.2. The highest BCUT2D eigenvalue weighted by Gasteiger charge is 2.41. The van der Waals surface area contributed by atoms with Crippen molar-refractivity contribution in [1.29, 1.82) is 0 Å². The van der Waals surface area contributed by atoms with Gasteiger partial charge in [-0.25, -0.2) is 33.7 Å². The lowest BCUT2D eigenvalue weighted by molar-refractivity contribution is 0.0162. The molecule has 472 valence electrons. The Bertz CT molecular complexity index is 4060. The van der Waals surface area contributed by atoms with Gasteiger partial charge in [-0.15, -0.1) is 10.6 Å². The van der Waals surface area contributed by atoms with Crippen molar-refractivity contribution in [3.8, 4) is 34.4 Å². The number of carbonyl (C=O) groups excluding carboxylic acids is 2. The van der Waals surface area contributed by atoms with Crippen LogP contribution in [-0.4, -0.2) is 88.6 Å². The summed E-state index contributed by atoms with van der Waals surface area (Å²) >= 11 is 0. The summed E-state index contributed by atoms with van der Waals surface area (Å²) in [5, 5.41) is 8.80. The number of amides is 1. The molecule has 0 aliphatic carbocycles. The van der Waals surface area contributed by atoms with E-state index in [0.717, 1.165) is 76.0 Å². The monoisotopic (exact) mass is 1250 g/mol. The van der Waals surface area contributed by atoms with Crippen molar-refractivity contribution in [3.63, 3.8) is 0 Å². The smallest absolute Gasteiger partial charge is 0.410 e. The van der Waals surface area contributed by atoms with Crippen LogP contribution in [0.15, 0.2) is 200 Å². The van der Waals surface area contributed by atoms with Crippen LogP contribution in [0.2, 0.25) is 0 Å². The van der Waals surface area contributed by atoms with E-state index < -0.39 is 33.3 Å². The van der Waals surface area contributed by atoms with Gasteiger partial charge in [0.1, 0.15) is 36.7 Å². The van der Waals surface area contributed by atoms with Gasteiger partial charge in [0.15, 0.2) is 23.0 Å². The number of hydrogen-bond donors (Lipinski definition) is 3. The van der Waals surface area contributed by atoms with Gasteiger partial charge in [-0.2, -0.15) is 0 Å². The molecular formula is C71H78N10O9S. The summed E-state index contributed by atoms with van der Waals surface area (Å²) in [6.07, 6.45) is 13.5. The Morgan fingerprint density at radius 1 is 0.648 bits per heavy atom. The van der Waals surface area contributed by atoms with Crippen molar-refractivity contribution in [1.82, 2.24) is 40.4 Å². The number of ether oxygens (including phenoxy) is 5. The molecule has 0 fully saturated rings. The molecule has 3 aliphatic heterocycles. The molecule has 3 aliphatic rings. The molecule has 2 aromatic heterocycles. The number of para-hydroxylation sites is 1. The molecule has 0 saturated heterocycles. The van der Waals surface area contributed by atoms with E-state index in [1.807, 2.05) is 110 Å². The fraction of sp³-hybridized carbons (Fsp3) is 0.254. The van der Waals surface area contributed by atoms with Crippen LogP contribution in [0.5, 0.6) is 23.0 Å². The number of rotatable bonds is 16. The highest BCUT2D eigenvalue weighted by atomic mass is 32.2. The number of hydrazone groups is 1. The van der Waals surface area contributed by atoms with E-state index in [-0.39, 0.29) is 25.2 Å². The Kier molecular flexibility index (Phi) is 21.6. The van der Waals surface area contributed by atoms with Gasteiger partial charge in [0.05, 0.1) is 37.7 Å². The number of imidazole rings is 2. The van der Waals surface area contributed by atoms with Crippen LogP contribution in [0.1, 0.15) is 101 Å². The summed E-state index contributed by atoms with van der Waals surface area (Å²) < 4.78 is 61.2. The molecule has 0 spiro atoms. The topological polar surface area (TPSA) is 205 Å². The molecule has 0 saturated carbocycles. The zero-order valence-corrected chi connectivity index (χ0v) is 52.3. The van der Waals surface area contributed by atoms with Crippen molar-refractivity contribution in [2.45, 2.75) is 85.8 Å². The first-order valence-electron chi connectivity index (χ1n) is 29.6. The molecule has 19 nitrogen and oxygen atoms in total.